The van der Waals surface area contributed by atoms with Crippen LogP contribution in [0.4, 0.5) is 0 Å². The van der Waals surface area contributed by atoms with Gasteiger partial charge in [-0.2, -0.15) is 5.10 Å². The molecular weight excluding hydrogens is 456 g/mol. The van der Waals surface area contributed by atoms with Gasteiger partial charge in [-0.25, -0.2) is 4.52 Å². The van der Waals surface area contributed by atoms with Gasteiger partial charge in [-0.05, 0) is 45.7 Å². The maximum atomic E-state index is 5.29. The molecule has 0 spiro atoms. The summed E-state index contributed by atoms with van der Waals surface area (Å²) in [5.74, 6) is 0. The van der Waals surface area contributed by atoms with E-state index < -0.39 is 0 Å². The fraction of sp³-hybridized carbons (Fsp3) is 0. The first-order valence-electron chi connectivity index (χ1n) is 12.1. The highest BCUT2D eigenvalue weighted by Crippen LogP contribution is 2.42. The number of hydrogen-bond donors (Lipinski definition) is 0. The number of nitrogens with zero attached hydrogens (tertiary/aromatic N) is 2. The van der Waals surface area contributed by atoms with Gasteiger partial charge in [0.2, 0.25) is 0 Å². The summed E-state index contributed by atoms with van der Waals surface area (Å²) in [5, 5.41) is 9.84. The topological polar surface area (TPSA) is 17.3 Å². The number of benzene rings is 4. The summed E-state index contributed by atoms with van der Waals surface area (Å²) in [7, 11) is 0. The molecule has 3 aromatic heterocycles. The summed E-state index contributed by atoms with van der Waals surface area (Å²) in [6, 6.07) is 45.1. The van der Waals surface area contributed by atoms with Crippen LogP contribution >= 0.6 is 11.3 Å². The van der Waals surface area contributed by atoms with E-state index in [0.29, 0.717) is 0 Å². The molecule has 0 N–H and O–H groups in total. The number of rotatable bonds is 4. The molecule has 0 radical (unpaired) electrons. The second-order valence-electron chi connectivity index (χ2n) is 8.89. The zero-order valence-electron chi connectivity index (χ0n) is 19.5. The molecule has 0 bridgehead atoms. The van der Waals surface area contributed by atoms with Crippen molar-refractivity contribution in [1.29, 1.82) is 0 Å². The first kappa shape index (κ1) is 20.9. The molecule has 3 heteroatoms. The minimum Gasteiger partial charge on any atom is -0.230 e. The van der Waals surface area contributed by atoms with Crippen molar-refractivity contribution in [1.82, 2.24) is 9.61 Å². The van der Waals surface area contributed by atoms with E-state index in [-0.39, 0.29) is 0 Å². The molecule has 0 saturated carbocycles. The maximum absolute atomic E-state index is 5.29. The molecule has 7 rings (SSSR count). The predicted octanol–water partition coefficient (Wildman–Crippen LogP) is 9.22. The summed E-state index contributed by atoms with van der Waals surface area (Å²) in [6.07, 6.45) is 0. The lowest BCUT2D eigenvalue weighted by Gasteiger charge is -2.10. The molecule has 0 aliphatic carbocycles. The molecule has 170 valence electrons. The van der Waals surface area contributed by atoms with Crippen LogP contribution in [0.5, 0.6) is 0 Å². The van der Waals surface area contributed by atoms with E-state index in [1.54, 1.807) is 11.3 Å². The number of hydrogen-bond acceptors (Lipinski definition) is 2. The van der Waals surface area contributed by atoms with E-state index in [1.807, 2.05) is 0 Å². The normalized spacial score (nSPS) is 11.3. The monoisotopic (exact) mass is 478 g/mol. The third-order valence-corrected chi connectivity index (χ3v) is 7.59. The highest BCUT2D eigenvalue weighted by Gasteiger charge is 2.21. The van der Waals surface area contributed by atoms with Crippen LogP contribution in [-0.4, -0.2) is 9.61 Å². The molecule has 0 saturated heterocycles. The van der Waals surface area contributed by atoms with Crippen LogP contribution in [0.1, 0.15) is 0 Å². The maximum Gasteiger partial charge on any atom is 0.101 e. The van der Waals surface area contributed by atoms with Gasteiger partial charge in [0, 0.05) is 16.5 Å². The van der Waals surface area contributed by atoms with Gasteiger partial charge in [0.15, 0.2) is 0 Å². The molecule has 0 atom stereocenters. The molecule has 0 fully saturated rings. The second kappa shape index (κ2) is 8.63. The van der Waals surface area contributed by atoms with E-state index in [4.69, 9.17) is 5.10 Å². The van der Waals surface area contributed by atoms with Crippen LogP contribution < -0.4 is 0 Å². The molecule has 0 amide bonds. The Balaban J connectivity index is 1.62. The number of pyridine rings is 1. The van der Waals surface area contributed by atoms with Crippen LogP contribution in [0.3, 0.4) is 0 Å². The lowest BCUT2D eigenvalue weighted by Crippen LogP contribution is -1.94. The van der Waals surface area contributed by atoms with Gasteiger partial charge in [0.1, 0.15) is 5.69 Å². The largest absolute Gasteiger partial charge is 0.230 e. The Kier molecular flexibility index (Phi) is 5.00. The summed E-state index contributed by atoms with van der Waals surface area (Å²) < 4.78 is 2.15. The zero-order chi connectivity index (χ0) is 23.9. The Labute approximate surface area is 213 Å². The lowest BCUT2D eigenvalue weighted by molar-refractivity contribution is 0.982. The van der Waals surface area contributed by atoms with Gasteiger partial charge in [0.05, 0.1) is 16.1 Å². The molecule has 4 aromatic carbocycles. The average molecular weight is 479 g/mol. The standard InChI is InChI=1S/C33H22N2S/c1-3-11-23(12-4-1)25-16-9-17-27(21-25)31-32(24-13-5-2-6-14-24)34-35-29(30-19-10-20-36-30)22-26-15-7-8-18-28(26)33(31)35/h1-22H. The zero-order valence-corrected chi connectivity index (χ0v) is 20.3. The second-order valence-corrected chi connectivity index (χ2v) is 9.84. The van der Waals surface area contributed by atoms with Crippen molar-refractivity contribution in [3.63, 3.8) is 0 Å². The summed E-state index contributed by atoms with van der Waals surface area (Å²) >= 11 is 1.75. The molecule has 36 heavy (non-hydrogen) atoms. The van der Waals surface area contributed by atoms with Gasteiger partial charge >= 0.3 is 0 Å². The molecule has 0 unspecified atom stereocenters. The highest BCUT2D eigenvalue weighted by atomic mass is 32.1. The number of fused-ring (bicyclic) bond motifs is 3. The van der Waals surface area contributed by atoms with Crippen LogP contribution in [0.25, 0.3) is 60.4 Å². The molecule has 3 heterocycles. The highest BCUT2D eigenvalue weighted by molar-refractivity contribution is 7.13. The summed E-state index contributed by atoms with van der Waals surface area (Å²) in [5.41, 5.74) is 9.10. The minimum absolute atomic E-state index is 0.995. The predicted molar refractivity (Wildman–Crippen MR) is 152 cm³/mol. The minimum atomic E-state index is 0.995. The van der Waals surface area contributed by atoms with Crippen molar-refractivity contribution in [3.8, 4) is 44.1 Å². The molecule has 7 aromatic rings. The van der Waals surface area contributed by atoms with E-state index in [1.165, 1.54) is 32.3 Å². The molecule has 0 aliphatic rings. The Morgan fingerprint density at radius 1 is 0.556 bits per heavy atom. The van der Waals surface area contributed by atoms with Gasteiger partial charge in [0.25, 0.3) is 0 Å². The fourth-order valence-electron chi connectivity index (χ4n) is 5.04. The SMILES string of the molecule is c1ccc(-c2cccc(-c3c(-c4ccccc4)nn4c(-c5cccs5)cc5ccccc5c34)c2)cc1. The Morgan fingerprint density at radius 3 is 2.03 bits per heavy atom. The van der Waals surface area contributed by atoms with E-state index in [2.05, 4.69) is 137 Å². The smallest absolute Gasteiger partial charge is 0.101 e. The molecular formula is C33H22N2S. The quantitative estimate of drug-likeness (QED) is 0.246. The van der Waals surface area contributed by atoms with Crippen molar-refractivity contribution < 1.29 is 0 Å². The van der Waals surface area contributed by atoms with E-state index in [0.717, 1.165) is 28.0 Å². The van der Waals surface area contributed by atoms with Crippen LogP contribution in [-0.2, 0) is 0 Å². The lowest BCUT2D eigenvalue weighted by atomic mass is 9.94. The Bertz CT molecular complexity index is 1820. The molecule has 0 aliphatic heterocycles. The van der Waals surface area contributed by atoms with Crippen molar-refractivity contribution in [3.05, 3.63) is 133 Å². The van der Waals surface area contributed by atoms with Crippen molar-refractivity contribution in [2.45, 2.75) is 0 Å². The van der Waals surface area contributed by atoms with Crippen LogP contribution in [0.2, 0.25) is 0 Å². The Hall–Kier alpha value is -4.47. The van der Waals surface area contributed by atoms with Gasteiger partial charge in [-0.1, -0.05) is 109 Å². The van der Waals surface area contributed by atoms with Gasteiger partial charge < -0.3 is 0 Å². The first-order chi connectivity index (χ1) is 17.9. The average Bonchev–Trinajstić information content (AvgIpc) is 3.63. The number of aromatic nitrogens is 2. The number of thiophene rings is 1. The summed E-state index contributed by atoms with van der Waals surface area (Å²) in [4.78, 5) is 1.21. The Morgan fingerprint density at radius 2 is 1.25 bits per heavy atom. The van der Waals surface area contributed by atoms with E-state index in [9.17, 15) is 0 Å². The first-order valence-corrected chi connectivity index (χ1v) is 12.9. The summed E-state index contributed by atoms with van der Waals surface area (Å²) in [6.45, 7) is 0. The van der Waals surface area contributed by atoms with Crippen molar-refractivity contribution in [2.24, 2.45) is 0 Å². The molecule has 2 nitrogen and oxygen atoms in total. The van der Waals surface area contributed by atoms with Crippen LogP contribution in [0.15, 0.2) is 133 Å². The van der Waals surface area contributed by atoms with Gasteiger partial charge in [-0.3, -0.25) is 0 Å². The van der Waals surface area contributed by atoms with Crippen molar-refractivity contribution in [2.75, 3.05) is 0 Å². The fourth-order valence-corrected chi connectivity index (χ4v) is 5.77. The van der Waals surface area contributed by atoms with Gasteiger partial charge in [-0.15, -0.1) is 11.3 Å². The van der Waals surface area contributed by atoms with E-state index >= 15 is 0 Å². The third-order valence-electron chi connectivity index (χ3n) is 6.70. The third kappa shape index (κ3) is 3.44. The van der Waals surface area contributed by atoms with Crippen molar-refractivity contribution >= 4 is 27.6 Å². The van der Waals surface area contributed by atoms with Crippen LogP contribution in [0, 0.1) is 0 Å².